The monoisotopic (exact) mass is 238 g/mol. The summed E-state index contributed by atoms with van der Waals surface area (Å²) in [6, 6.07) is 0.245. The molecule has 0 bridgehead atoms. The molecule has 0 radical (unpaired) electrons. The van der Waals surface area contributed by atoms with E-state index in [2.05, 4.69) is 11.8 Å². The summed E-state index contributed by atoms with van der Waals surface area (Å²) in [6.45, 7) is 3.03. The highest BCUT2D eigenvalue weighted by atomic mass is 16.2. The number of likely N-dealkylation sites (tertiary alicyclic amines) is 1. The van der Waals surface area contributed by atoms with E-state index in [0.717, 1.165) is 25.3 Å². The minimum absolute atomic E-state index is 0.209. The Kier molecular flexibility index (Phi) is 4.43. The van der Waals surface area contributed by atoms with Crippen molar-refractivity contribution in [1.82, 2.24) is 4.90 Å². The molecule has 2 atom stereocenters. The van der Waals surface area contributed by atoms with E-state index in [-0.39, 0.29) is 11.9 Å². The molecule has 2 aliphatic rings. The molecule has 98 valence electrons. The van der Waals surface area contributed by atoms with Gasteiger partial charge < -0.3 is 10.6 Å². The van der Waals surface area contributed by atoms with Gasteiger partial charge in [-0.2, -0.15) is 0 Å². The van der Waals surface area contributed by atoms with Gasteiger partial charge in [-0.1, -0.05) is 26.2 Å². The molecule has 1 aliphatic heterocycles. The number of amides is 1. The number of rotatable bonds is 4. The van der Waals surface area contributed by atoms with Crippen molar-refractivity contribution in [3.63, 3.8) is 0 Å². The summed E-state index contributed by atoms with van der Waals surface area (Å²) in [6.07, 6.45) is 9.53. The van der Waals surface area contributed by atoms with E-state index >= 15 is 0 Å². The molecule has 1 saturated carbocycles. The Morgan fingerprint density at radius 3 is 2.65 bits per heavy atom. The lowest BCUT2D eigenvalue weighted by Crippen LogP contribution is -2.47. The van der Waals surface area contributed by atoms with E-state index in [0.29, 0.717) is 6.04 Å². The molecule has 0 aromatic heterocycles. The Labute approximate surface area is 105 Å². The van der Waals surface area contributed by atoms with Crippen molar-refractivity contribution in [3.05, 3.63) is 0 Å². The van der Waals surface area contributed by atoms with Crippen LogP contribution in [-0.2, 0) is 4.79 Å². The van der Waals surface area contributed by atoms with Gasteiger partial charge in [0.2, 0.25) is 5.91 Å². The van der Waals surface area contributed by atoms with Gasteiger partial charge in [0.1, 0.15) is 0 Å². The van der Waals surface area contributed by atoms with Crippen molar-refractivity contribution in [2.24, 2.45) is 11.7 Å². The molecule has 2 rings (SSSR count). The maximum absolute atomic E-state index is 12.3. The summed E-state index contributed by atoms with van der Waals surface area (Å²) >= 11 is 0. The van der Waals surface area contributed by atoms with Crippen LogP contribution in [0.3, 0.4) is 0 Å². The number of nitrogens with zero attached hydrogens (tertiary/aromatic N) is 1. The van der Waals surface area contributed by atoms with Gasteiger partial charge in [0.15, 0.2) is 0 Å². The first kappa shape index (κ1) is 12.9. The van der Waals surface area contributed by atoms with E-state index in [4.69, 9.17) is 5.73 Å². The maximum Gasteiger partial charge on any atom is 0.239 e. The molecule has 2 N–H and O–H groups in total. The standard InChI is InChI=1S/C14H26N2O/c1-2-6-12(15)14(17)16-10-5-9-13(16)11-7-3-4-8-11/h11-13H,2-10,15H2,1H3/t12-,13?/m1/s1. The van der Waals surface area contributed by atoms with E-state index < -0.39 is 0 Å². The molecule has 1 heterocycles. The molecule has 1 aliphatic carbocycles. The first-order valence-corrected chi connectivity index (χ1v) is 7.30. The van der Waals surface area contributed by atoms with Crippen molar-refractivity contribution in [3.8, 4) is 0 Å². The van der Waals surface area contributed by atoms with Gasteiger partial charge in [-0.3, -0.25) is 4.79 Å². The van der Waals surface area contributed by atoms with Crippen LogP contribution in [0.5, 0.6) is 0 Å². The van der Waals surface area contributed by atoms with Crippen LogP contribution in [0.25, 0.3) is 0 Å². The number of hydrogen-bond acceptors (Lipinski definition) is 2. The Balaban J connectivity index is 1.96. The van der Waals surface area contributed by atoms with Crippen LogP contribution in [0, 0.1) is 5.92 Å². The van der Waals surface area contributed by atoms with Crippen LogP contribution in [0.4, 0.5) is 0 Å². The smallest absolute Gasteiger partial charge is 0.239 e. The van der Waals surface area contributed by atoms with Crippen molar-refractivity contribution in [2.45, 2.75) is 70.4 Å². The zero-order valence-corrected chi connectivity index (χ0v) is 11.0. The minimum atomic E-state index is -0.262. The molecular weight excluding hydrogens is 212 g/mol. The summed E-state index contributed by atoms with van der Waals surface area (Å²) in [7, 11) is 0. The lowest BCUT2D eigenvalue weighted by molar-refractivity contribution is -0.134. The fourth-order valence-electron chi connectivity index (χ4n) is 3.55. The average Bonchev–Trinajstić information content (AvgIpc) is 2.98. The van der Waals surface area contributed by atoms with Crippen molar-refractivity contribution in [2.75, 3.05) is 6.54 Å². The second kappa shape index (κ2) is 5.85. The molecule has 1 saturated heterocycles. The largest absolute Gasteiger partial charge is 0.338 e. The third-order valence-electron chi connectivity index (χ3n) is 4.44. The number of hydrogen-bond donors (Lipinski definition) is 1. The molecule has 1 unspecified atom stereocenters. The lowest BCUT2D eigenvalue weighted by atomic mass is 9.95. The van der Waals surface area contributed by atoms with Crippen molar-refractivity contribution in [1.29, 1.82) is 0 Å². The van der Waals surface area contributed by atoms with E-state index in [1.807, 2.05) is 0 Å². The second-order valence-corrected chi connectivity index (χ2v) is 5.68. The zero-order chi connectivity index (χ0) is 12.3. The fraction of sp³-hybridized carbons (Fsp3) is 0.929. The van der Waals surface area contributed by atoms with E-state index in [1.165, 1.54) is 38.5 Å². The molecule has 2 fully saturated rings. The Morgan fingerprint density at radius 1 is 1.29 bits per heavy atom. The van der Waals surface area contributed by atoms with E-state index in [9.17, 15) is 4.79 Å². The molecule has 3 nitrogen and oxygen atoms in total. The van der Waals surface area contributed by atoms with Crippen LogP contribution in [0.2, 0.25) is 0 Å². The Morgan fingerprint density at radius 2 is 2.00 bits per heavy atom. The first-order chi connectivity index (χ1) is 8.24. The van der Waals surface area contributed by atoms with Gasteiger partial charge in [-0.25, -0.2) is 0 Å². The second-order valence-electron chi connectivity index (χ2n) is 5.68. The summed E-state index contributed by atoms with van der Waals surface area (Å²) < 4.78 is 0. The van der Waals surface area contributed by atoms with Crippen LogP contribution in [0.15, 0.2) is 0 Å². The topological polar surface area (TPSA) is 46.3 Å². The summed E-state index contributed by atoms with van der Waals surface area (Å²) in [4.78, 5) is 14.4. The normalized spacial score (nSPS) is 27.6. The number of carbonyl (C=O) groups is 1. The van der Waals surface area contributed by atoms with E-state index in [1.54, 1.807) is 0 Å². The highest BCUT2D eigenvalue weighted by molar-refractivity contribution is 5.82. The Bertz CT molecular complexity index is 261. The lowest BCUT2D eigenvalue weighted by Gasteiger charge is -2.31. The van der Waals surface area contributed by atoms with Crippen LogP contribution in [0.1, 0.15) is 58.3 Å². The summed E-state index contributed by atoms with van der Waals surface area (Å²) in [5, 5.41) is 0. The quantitative estimate of drug-likeness (QED) is 0.817. The third-order valence-corrected chi connectivity index (χ3v) is 4.44. The maximum atomic E-state index is 12.3. The van der Waals surface area contributed by atoms with Crippen LogP contribution in [-0.4, -0.2) is 29.4 Å². The van der Waals surface area contributed by atoms with Crippen molar-refractivity contribution < 1.29 is 4.79 Å². The molecule has 0 spiro atoms. The van der Waals surface area contributed by atoms with Gasteiger partial charge in [0.25, 0.3) is 0 Å². The van der Waals surface area contributed by atoms with Crippen molar-refractivity contribution >= 4 is 5.91 Å². The molecular formula is C14H26N2O. The fourth-order valence-corrected chi connectivity index (χ4v) is 3.55. The zero-order valence-electron chi connectivity index (χ0n) is 11.0. The highest BCUT2D eigenvalue weighted by Crippen LogP contribution is 2.35. The average molecular weight is 238 g/mol. The molecule has 1 amide bonds. The van der Waals surface area contributed by atoms with Gasteiger partial charge in [0, 0.05) is 12.6 Å². The van der Waals surface area contributed by atoms with Gasteiger partial charge in [-0.05, 0) is 38.0 Å². The highest BCUT2D eigenvalue weighted by Gasteiger charge is 2.37. The van der Waals surface area contributed by atoms with Gasteiger partial charge in [-0.15, -0.1) is 0 Å². The van der Waals surface area contributed by atoms with Gasteiger partial charge in [0.05, 0.1) is 6.04 Å². The number of nitrogens with two attached hydrogens (primary N) is 1. The van der Waals surface area contributed by atoms with Crippen LogP contribution >= 0.6 is 0 Å². The minimum Gasteiger partial charge on any atom is -0.338 e. The number of carbonyl (C=O) groups excluding carboxylic acids is 1. The summed E-state index contributed by atoms with van der Waals surface area (Å²) in [5.74, 6) is 0.969. The summed E-state index contributed by atoms with van der Waals surface area (Å²) in [5.41, 5.74) is 5.98. The Hall–Kier alpha value is -0.570. The predicted octanol–water partition coefficient (Wildman–Crippen LogP) is 2.29. The molecule has 0 aromatic rings. The molecule has 3 heteroatoms. The third kappa shape index (κ3) is 2.82. The van der Waals surface area contributed by atoms with Crippen LogP contribution < -0.4 is 5.73 Å². The molecule has 17 heavy (non-hydrogen) atoms. The predicted molar refractivity (Wildman–Crippen MR) is 69.6 cm³/mol. The molecule has 0 aromatic carbocycles. The first-order valence-electron chi connectivity index (χ1n) is 7.30. The SMILES string of the molecule is CCC[C@@H](N)C(=O)N1CCCC1C1CCCC1. The van der Waals surface area contributed by atoms with Gasteiger partial charge >= 0.3 is 0 Å².